The first-order chi connectivity index (χ1) is 8.69. The third kappa shape index (κ3) is 5.61. The Bertz CT molecular complexity index is 429. The maximum absolute atomic E-state index is 12.0. The van der Waals surface area contributed by atoms with Gasteiger partial charge in [0.2, 0.25) is 0 Å². The van der Waals surface area contributed by atoms with Crippen LogP contribution in [0.1, 0.15) is 30.2 Å². The molecule has 1 aromatic rings. The van der Waals surface area contributed by atoms with Gasteiger partial charge in [0, 0.05) is 13.6 Å². The van der Waals surface area contributed by atoms with Crippen LogP contribution in [0.4, 0.5) is 8.78 Å². The Labute approximate surface area is 114 Å². The highest BCUT2D eigenvalue weighted by Gasteiger charge is 2.22. The van der Waals surface area contributed by atoms with E-state index in [1.807, 2.05) is 0 Å². The van der Waals surface area contributed by atoms with Crippen molar-refractivity contribution in [2.75, 3.05) is 13.6 Å². The molecular weight excluding hydrogens is 276 g/mol. The fraction of sp³-hybridized carbons (Fsp3) is 0.583. The molecule has 108 valence electrons. The lowest BCUT2D eigenvalue weighted by molar-refractivity contribution is 0.0351. The summed E-state index contributed by atoms with van der Waals surface area (Å²) in [5.41, 5.74) is -1.01. The Balaban J connectivity index is 2.62. The van der Waals surface area contributed by atoms with Crippen molar-refractivity contribution in [2.45, 2.75) is 31.0 Å². The smallest absolute Gasteiger partial charge is 0.289 e. The highest BCUT2D eigenvalue weighted by Crippen LogP contribution is 2.21. The van der Waals surface area contributed by atoms with Crippen LogP contribution in [0.3, 0.4) is 0 Å². The molecule has 0 aliphatic heterocycles. The molecule has 0 radical (unpaired) electrons. The number of rotatable bonds is 6. The van der Waals surface area contributed by atoms with Gasteiger partial charge in [-0.05, 0) is 26.0 Å². The molecule has 19 heavy (non-hydrogen) atoms. The van der Waals surface area contributed by atoms with Crippen LogP contribution < -0.4 is 0 Å². The number of nitrogens with zero attached hydrogens (tertiary/aromatic N) is 1. The predicted molar refractivity (Wildman–Crippen MR) is 69.3 cm³/mol. The van der Waals surface area contributed by atoms with Crippen molar-refractivity contribution < 1.29 is 23.1 Å². The number of alkyl halides is 2. The van der Waals surface area contributed by atoms with E-state index in [1.165, 1.54) is 24.1 Å². The lowest BCUT2D eigenvalue weighted by Gasteiger charge is -2.24. The molecule has 0 saturated heterocycles. The van der Waals surface area contributed by atoms with Gasteiger partial charge in [-0.25, -0.2) is 0 Å². The summed E-state index contributed by atoms with van der Waals surface area (Å²) in [5.74, 6) is -2.44. The van der Waals surface area contributed by atoms with E-state index >= 15 is 0 Å². The van der Waals surface area contributed by atoms with Gasteiger partial charge in [0.05, 0.1) is 11.4 Å². The van der Waals surface area contributed by atoms with Gasteiger partial charge in [-0.15, -0.1) is 0 Å². The van der Waals surface area contributed by atoms with Crippen molar-refractivity contribution >= 4 is 17.7 Å². The fourth-order valence-electron chi connectivity index (χ4n) is 1.56. The quantitative estimate of drug-likeness (QED) is 0.876. The SMILES string of the molecule is CN(CC(C)(C)O)C(=O)c1ccc(CSC(F)F)o1. The van der Waals surface area contributed by atoms with Crippen LogP contribution in [0.25, 0.3) is 0 Å². The summed E-state index contributed by atoms with van der Waals surface area (Å²) in [6.07, 6.45) is 0. The number of aliphatic hydroxyl groups is 1. The highest BCUT2D eigenvalue weighted by atomic mass is 32.2. The molecule has 0 aliphatic rings. The largest absolute Gasteiger partial charge is 0.455 e. The van der Waals surface area contributed by atoms with Gasteiger partial charge in [-0.1, -0.05) is 11.8 Å². The monoisotopic (exact) mass is 293 g/mol. The van der Waals surface area contributed by atoms with Gasteiger partial charge in [0.1, 0.15) is 5.76 Å². The maximum atomic E-state index is 12.0. The molecule has 1 aromatic heterocycles. The maximum Gasteiger partial charge on any atom is 0.289 e. The molecule has 1 heterocycles. The minimum atomic E-state index is -2.47. The number of thioether (sulfide) groups is 1. The Morgan fingerprint density at radius 1 is 1.53 bits per heavy atom. The Kier molecular flexibility index (Phi) is 5.37. The van der Waals surface area contributed by atoms with Crippen LogP contribution >= 0.6 is 11.8 Å². The van der Waals surface area contributed by atoms with E-state index in [0.717, 1.165) is 0 Å². The highest BCUT2D eigenvalue weighted by molar-refractivity contribution is 7.98. The molecule has 0 aliphatic carbocycles. The summed E-state index contributed by atoms with van der Waals surface area (Å²) in [6, 6.07) is 2.95. The second-order valence-corrected chi connectivity index (χ2v) is 5.79. The van der Waals surface area contributed by atoms with Crippen molar-refractivity contribution in [2.24, 2.45) is 0 Å². The second kappa shape index (κ2) is 6.38. The minimum Gasteiger partial charge on any atom is -0.455 e. The summed E-state index contributed by atoms with van der Waals surface area (Å²) in [4.78, 5) is 13.3. The molecular formula is C12H17F2NO3S. The first kappa shape index (κ1) is 16.0. The average molecular weight is 293 g/mol. The van der Waals surface area contributed by atoms with Crippen molar-refractivity contribution in [3.8, 4) is 0 Å². The minimum absolute atomic E-state index is 0.0140. The van der Waals surface area contributed by atoms with Gasteiger partial charge in [0.15, 0.2) is 5.76 Å². The summed E-state index contributed by atoms with van der Waals surface area (Å²) < 4.78 is 29.2. The van der Waals surface area contributed by atoms with Crippen molar-refractivity contribution in [3.05, 3.63) is 23.7 Å². The molecule has 0 fully saturated rings. The summed E-state index contributed by atoms with van der Waals surface area (Å²) in [5, 5.41) is 9.62. The molecule has 0 saturated carbocycles. The number of hydrogen-bond acceptors (Lipinski definition) is 4. The molecule has 1 rings (SSSR count). The zero-order chi connectivity index (χ0) is 14.6. The summed E-state index contributed by atoms with van der Waals surface area (Å²) >= 11 is 0.436. The standard InChI is InChI=1S/C12H17F2NO3S/c1-12(2,17)7-15(3)10(16)9-5-4-8(18-9)6-19-11(13)14/h4-5,11,17H,6-7H2,1-3H3. The lowest BCUT2D eigenvalue weighted by atomic mass is 10.1. The van der Waals surface area contributed by atoms with Crippen LogP contribution in [0, 0.1) is 0 Å². The zero-order valence-corrected chi connectivity index (χ0v) is 11.8. The van der Waals surface area contributed by atoms with E-state index in [-0.39, 0.29) is 18.1 Å². The predicted octanol–water partition coefficient (Wildman–Crippen LogP) is 2.58. The molecule has 0 bridgehead atoms. The van der Waals surface area contributed by atoms with Crippen molar-refractivity contribution in [3.63, 3.8) is 0 Å². The topological polar surface area (TPSA) is 53.7 Å². The van der Waals surface area contributed by atoms with Gasteiger partial charge in [-0.3, -0.25) is 4.79 Å². The molecule has 0 aromatic carbocycles. The lowest BCUT2D eigenvalue weighted by Crippen LogP contribution is -2.39. The van der Waals surface area contributed by atoms with Crippen LogP contribution in [-0.2, 0) is 5.75 Å². The van der Waals surface area contributed by atoms with E-state index < -0.39 is 17.3 Å². The summed E-state index contributed by atoms with van der Waals surface area (Å²) in [6.45, 7) is 3.32. The van der Waals surface area contributed by atoms with Crippen molar-refractivity contribution in [1.82, 2.24) is 4.90 Å². The molecule has 0 unspecified atom stereocenters. The third-order valence-electron chi connectivity index (χ3n) is 2.19. The number of carbonyl (C=O) groups is 1. The normalized spacial score (nSPS) is 11.9. The molecule has 1 amide bonds. The van der Waals surface area contributed by atoms with E-state index in [4.69, 9.17) is 4.42 Å². The molecule has 0 spiro atoms. The van der Waals surface area contributed by atoms with Crippen molar-refractivity contribution in [1.29, 1.82) is 0 Å². The van der Waals surface area contributed by atoms with Gasteiger partial charge < -0.3 is 14.4 Å². The van der Waals surface area contributed by atoms with Crippen LogP contribution in [0.15, 0.2) is 16.5 Å². The third-order valence-corrected chi connectivity index (χ3v) is 2.90. The van der Waals surface area contributed by atoms with E-state index in [9.17, 15) is 18.7 Å². The molecule has 0 atom stereocenters. The van der Waals surface area contributed by atoms with Crippen LogP contribution in [0.2, 0.25) is 0 Å². The molecule has 1 N–H and O–H groups in total. The zero-order valence-electron chi connectivity index (χ0n) is 11.0. The number of carbonyl (C=O) groups excluding carboxylic acids is 1. The Morgan fingerprint density at radius 3 is 2.68 bits per heavy atom. The van der Waals surface area contributed by atoms with Gasteiger partial charge >= 0.3 is 0 Å². The van der Waals surface area contributed by atoms with E-state index in [1.54, 1.807) is 13.8 Å². The fourth-order valence-corrected chi connectivity index (χ4v) is 2.00. The summed E-state index contributed by atoms with van der Waals surface area (Å²) in [7, 11) is 1.54. The van der Waals surface area contributed by atoms with E-state index in [0.29, 0.717) is 17.5 Å². The molecule has 7 heteroatoms. The Morgan fingerprint density at radius 2 is 2.16 bits per heavy atom. The second-order valence-electron chi connectivity index (χ2n) is 4.81. The van der Waals surface area contributed by atoms with E-state index in [2.05, 4.69) is 0 Å². The number of hydrogen-bond donors (Lipinski definition) is 1. The Hall–Kier alpha value is -1.08. The van der Waals surface area contributed by atoms with Crippen LogP contribution in [0.5, 0.6) is 0 Å². The average Bonchev–Trinajstić information content (AvgIpc) is 2.71. The number of amides is 1. The van der Waals surface area contributed by atoms with Gasteiger partial charge in [0.25, 0.3) is 11.7 Å². The first-order valence-electron chi connectivity index (χ1n) is 5.65. The van der Waals surface area contributed by atoms with Crippen LogP contribution in [-0.4, -0.2) is 40.9 Å². The number of furan rings is 1. The first-order valence-corrected chi connectivity index (χ1v) is 6.70. The number of likely N-dealkylation sites (N-methyl/N-ethyl adjacent to an activating group) is 1. The van der Waals surface area contributed by atoms with Gasteiger partial charge in [-0.2, -0.15) is 8.78 Å². The molecule has 4 nitrogen and oxygen atoms in total. The number of halogens is 2.